The van der Waals surface area contributed by atoms with Crippen LogP contribution >= 0.6 is 8.03 Å². The summed E-state index contributed by atoms with van der Waals surface area (Å²) < 4.78 is 9.86. The second-order valence-corrected chi connectivity index (χ2v) is 2.16. The van der Waals surface area contributed by atoms with E-state index in [9.17, 15) is 4.57 Å². The Bertz CT molecular complexity index is 87.7. The Labute approximate surface area is 43.7 Å². The van der Waals surface area contributed by atoms with Gasteiger partial charge >= 0.3 is 0 Å². The molecule has 0 spiro atoms. The van der Waals surface area contributed by atoms with E-state index in [4.69, 9.17) is 4.89 Å². The molecule has 0 aliphatic heterocycles. The van der Waals surface area contributed by atoms with Crippen LogP contribution in [0.3, 0.4) is 0 Å². The first-order chi connectivity index (χ1) is 3.27. The van der Waals surface area contributed by atoms with Gasteiger partial charge in [-0.05, 0) is 12.2 Å². The maximum Gasteiger partial charge on any atom is 0.210 e. The molecule has 0 aromatic rings. The van der Waals surface area contributed by atoms with Gasteiger partial charge < -0.3 is 4.89 Å². The molecule has 0 amide bonds. The second kappa shape index (κ2) is 4.10. The third kappa shape index (κ3) is 5.93. The molecule has 0 aromatic heterocycles. The van der Waals surface area contributed by atoms with Crippen LogP contribution in [0, 0.1) is 0 Å². The summed E-state index contributed by atoms with van der Waals surface area (Å²) in [5.41, 5.74) is 0. The lowest BCUT2D eigenvalue weighted by atomic mass is 10.5. The normalized spacial score (nSPS) is 15.1. The minimum absolute atomic E-state index is 0.830. The molecule has 0 fully saturated rings. The zero-order chi connectivity index (χ0) is 5.70. The Morgan fingerprint density at radius 2 is 2.43 bits per heavy atom. The van der Waals surface area contributed by atoms with E-state index in [2.05, 4.69) is 0 Å². The topological polar surface area (TPSA) is 37.3 Å². The van der Waals surface area contributed by atoms with Crippen LogP contribution in [0.4, 0.5) is 0 Å². The maximum absolute atomic E-state index is 9.86. The third-order valence-electron chi connectivity index (χ3n) is 0.496. The average Bonchev–Trinajstić information content (AvgIpc) is 1.61. The maximum atomic E-state index is 9.86. The molecule has 1 unspecified atom stereocenters. The van der Waals surface area contributed by atoms with E-state index >= 15 is 0 Å². The SMILES string of the molecule is CC/C=C\[PH](=O)O. The van der Waals surface area contributed by atoms with Gasteiger partial charge in [0.2, 0.25) is 8.03 Å². The number of hydrogen-bond donors (Lipinski definition) is 1. The van der Waals surface area contributed by atoms with Crippen LogP contribution in [-0.4, -0.2) is 4.89 Å². The zero-order valence-electron chi connectivity index (χ0n) is 4.22. The summed E-state index contributed by atoms with van der Waals surface area (Å²) in [4.78, 5) is 8.14. The minimum Gasteiger partial charge on any atom is -0.344 e. The first kappa shape index (κ1) is 6.93. The smallest absolute Gasteiger partial charge is 0.210 e. The lowest BCUT2D eigenvalue weighted by molar-refractivity contribution is 0.512. The Hall–Kier alpha value is -0.0700. The Kier molecular flexibility index (Phi) is 4.06. The predicted octanol–water partition coefficient (Wildman–Crippen LogP) is 1.38. The molecule has 7 heavy (non-hydrogen) atoms. The van der Waals surface area contributed by atoms with Gasteiger partial charge in [0.15, 0.2) is 0 Å². The highest BCUT2D eigenvalue weighted by molar-refractivity contribution is 7.41. The highest BCUT2D eigenvalue weighted by atomic mass is 31.1. The third-order valence-corrected chi connectivity index (χ3v) is 1.02. The molecule has 1 atom stereocenters. The quantitative estimate of drug-likeness (QED) is 0.559. The van der Waals surface area contributed by atoms with Crippen molar-refractivity contribution in [3.05, 3.63) is 11.9 Å². The molecule has 0 saturated carbocycles. The van der Waals surface area contributed by atoms with E-state index in [0.29, 0.717) is 0 Å². The lowest BCUT2D eigenvalue weighted by Gasteiger charge is -1.75. The van der Waals surface area contributed by atoms with Gasteiger partial charge in [-0.2, -0.15) is 0 Å². The standard InChI is InChI=1S/C4H9O2P/c1-2-3-4-7(5)6/h3-4,7H,2H2,1H3,(H,5,6)/b4-3-. The molecule has 0 aliphatic carbocycles. The van der Waals surface area contributed by atoms with Crippen molar-refractivity contribution in [1.82, 2.24) is 0 Å². The van der Waals surface area contributed by atoms with Crippen LogP contribution in [-0.2, 0) is 4.57 Å². The molecule has 0 bridgehead atoms. The van der Waals surface area contributed by atoms with Gasteiger partial charge in [-0.1, -0.05) is 13.0 Å². The van der Waals surface area contributed by atoms with Crippen molar-refractivity contribution in [2.45, 2.75) is 13.3 Å². The zero-order valence-corrected chi connectivity index (χ0v) is 5.22. The summed E-state index contributed by atoms with van der Waals surface area (Å²) in [6.07, 6.45) is 2.51. The van der Waals surface area contributed by atoms with Crippen LogP contribution in [0.5, 0.6) is 0 Å². The predicted molar refractivity (Wildman–Crippen MR) is 30.7 cm³/mol. The molecule has 0 aliphatic rings. The van der Waals surface area contributed by atoms with Crippen molar-refractivity contribution < 1.29 is 9.46 Å². The van der Waals surface area contributed by atoms with Crippen molar-refractivity contribution in [3.8, 4) is 0 Å². The van der Waals surface area contributed by atoms with Crippen LogP contribution in [0.15, 0.2) is 11.9 Å². The first-order valence-corrected chi connectivity index (χ1v) is 3.60. The average molecular weight is 120 g/mol. The van der Waals surface area contributed by atoms with Gasteiger partial charge in [0.25, 0.3) is 0 Å². The van der Waals surface area contributed by atoms with Crippen LogP contribution in [0.25, 0.3) is 0 Å². The largest absolute Gasteiger partial charge is 0.344 e. The molecule has 2 nitrogen and oxygen atoms in total. The first-order valence-electron chi connectivity index (χ1n) is 2.17. The molecular formula is C4H9O2P. The monoisotopic (exact) mass is 120 g/mol. The Morgan fingerprint density at radius 3 is 2.57 bits per heavy atom. The van der Waals surface area contributed by atoms with Gasteiger partial charge in [-0.15, -0.1) is 0 Å². The summed E-state index contributed by atoms with van der Waals surface area (Å²) in [6.45, 7) is 1.92. The fraction of sp³-hybridized carbons (Fsp3) is 0.500. The highest BCUT2D eigenvalue weighted by Crippen LogP contribution is 2.13. The molecule has 3 heteroatoms. The fourth-order valence-corrected chi connectivity index (χ4v) is 0.656. The number of rotatable bonds is 2. The number of hydrogen-bond acceptors (Lipinski definition) is 1. The molecule has 0 radical (unpaired) electrons. The van der Waals surface area contributed by atoms with Gasteiger partial charge in [-0.25, -0.2) is 0 Å². The van der Waals surface area contributed by atoms with Gasteiger partial charge in [0.1, 0.15) is 0 Å². The molecule has 0 aromatic carbocycles. The van der Waals surface area contributed by atoms with Crippen molar-refractivity contribution in [2.24, 2.45) is 0 Å². The van der Waals surface area contributed by atoms with Crippen molar-refractivity contribution >= 4 is 8.03 Å². The van der Waals surface area contributed by atoms with Gasteiger partial charge in [-0.3, -0.25) is 4.57 Å². The van der Waals surface area contributed by atoms with E-state index in [1.807, 2.05) is 6.92 Å². The van der Waals surface area contributed by atoms with Crippen molar-refractivity contribution in [1.29, 1.82) is 0 Å². The second-order valence-electron chi connectivity index (χ2n) is 1.15. The van der Waals surface area contributed by atoms with E-state index in [1.165, 1.54) is 5.82 Å². The summed E-state index contributed by atoms with van der Waals surface area (Å²) in [6, 6.07) is 0. The Morgan fingerprint density at radius 1 is 1.86 bits per heavy atom. The molecule has 1 N–H and O–H groups in total. The summed E-state index contributed by atoms with van der Waals surface area (Å²) in [7, 11) is -2.33. The van der Waals surface area contributed by atoms with Crippen molar-refractivity contribution in [3.63, 3.8) is 0 Å². The van der Waals surface area contributed by atoms with Crippen LogP contribution in [0.2, 0.25) is 0 Å². The van der Waals surface area contributed by atoms with Gasteiger partial charge in [0, 0.05) is 0 Å². The van der Waals surface area contributed by atoms with E-state index in [0.717, 1.165) is 6.42 Å². The summed E-state index contributed by atoms with van der Waals surface area (Å²) in [5, 5.41) is 0. The summed E-state index contributed by atoms with van der Waals surface area (Å²) >= 11 is 0. The highest BCUT2D eigenvalue weighted by Gasteiger charge is 1.74. The molecule has 0 rings (SSSR count). The molecule has 0 saturated heterocycles. The number of allylic oxidation sites excluding steroid dienone is 1. The van der Waals surface area contributed by atoms with Crippen LogP contribution < -0.4 is 0 Å². The molecule has 0 heterocycles. The summed E-state index contributed by atoms with van der Waals surface area (Å²) in [5.74, 6) is 1.32. The van der Waals surface area contributed by atoms with Crippen LogP contribution in [0.1, 0.15) is 13.3 Å². The van der Waals surface area contributed by atoms with E-state index < -0.39 is 8.03 Å². The van der Waals surface area contributed by atoms with E-state index in [-0.39, 0.29) is 0 Å². The molecule has 42 valence electrons. The van der Waals surface area contributed by atoms with E-state index in [1.54, 1.807) is 6.08 Å². The van der Waals surface area contributed by atoms with Crippen molar-refractivity contribution in [2.75, 3.05) is 0 Å². The minimum atomic E-state index is -2.33. The Balaban J connectivity index is 3.26. The fourth-order valence-electron chi connectivity index (χ4n) is 0.219. The lowest BCUT2D eigenvalue weighted by Crippen LogP contribution is -1.48. The molecular weight excluding hydrogens is 111 g/mol. The van der Waals surface area contributed by atoms with Gasteiger partial charge in [0.05, 0.1) is 0 Å².